The van der Waals surface area contributed by atoms with Crippen molar-refractivity contribution < 1.29 is 4.79 Å². The quantitative estimate of drug-likeness (QED) is 0.791. The molecular formula is C15H13N5O. The Hall–Kier alpha value is -3.02. The highest BCUT2D eigenvalue weighted by Gasteiger charge is 2.10. The number of amides is 1. The molecule has 0 saturated carbocycles. The van der Waals surface area contributed by atoms with Crippen molar-refractivity contribution >= 4 is 5.91 Å². The molecule has 0 spiro atoms. The van der Waals surface area contributed by atoms with Gasteiger partial charge in [0.15, 0.2) is 0 Å². The van der Waals surface area contributed by atoms with Crippen LogP contribution in [0.5, 0.6) is 0 Å². The van der Waals surface area contributed by atoms with Gasteiger partial charge in [0.1, 0.15) is 5.69 Å². The zero-order valence-corrected chi connectivity index (χ0v) is 11.4. The zero-order chi connectivity index (χ0) is 14.8. The van der Waals surface area contributed by atoms with Gasteiger partial charge in [0.2, 0.25) is 5.91 Å². The minimum atomic E-state index is -0.469. The van der Waals surface area contributed by atoms with E-state index >= 15 is 0 Å². The van der Waals surface area contributed by atoms with Gasteiger partial charge in [-0.25, -0.2) is 4.68 Å². The van der Waals surface area contributed by atoms with Gasteiger partial charge in [0, 0.05) is 23.5 Å². The Bertz CT molecular complexity index is 795. The Morgan fingerprint density at radius 3 is 2.86 bits per heavy atom. The molecule has 6 nitrogen and oxygen atoms in total. The molecule has 1 amide bonds. The first-order valence-electron chi connectivity index (χ1n) is 6.39. The largest absolute Gasteiger partial charge is 0.366 e. The summed E-state index contributed by atoms with van der Waals surface area (Å²) in [5, 5.41) is 8.25. The standard InChI is InChI=1S/C15H13N5O/c1-10-4-5-11(15(16)21)7-14(10)20-9-13(18-19-20)12-3-2-6-17-8-12/h2-9H,1H3,(H2,16,21). The van der Waals surface area contributed by atoms with Gasteiger partial charge in [0.25, 0.3) is 0 Å². The molecular weight excluding hydrogens is 266 g/mol. The SMILES string of the molecule is Cc1ccc(C(N)=O)cc1-n1cc(-c2cccnc2)nn1. The number of nitrogens with two attached hydrogens (primary N) is 1. The molecule has 0 unspecified atom stereocenters. The van der Waals surface area contributed by atoms with E-state index in [1.54, 1.807) is 35.4 Å². The lowest BCUT2D eigenvalue weighted by atomic mass is 10.1. The van der Waals surface area contributed by atoms with Crippen molar-refractivity contribution in [2.75, 3.05) is 0 Å². The summed E-state index contributed by atoms with van der Waals surface area (Å²) in [5.74, 6) is -0.469. The molecule has 0 fully saturated rings. The van der Waals surface area contributed by atoms with E-state index in [2.05, 4.69) is 15.3 Å². The van der Waals surface area contributed by atoms with Gasteiger partial charge in [-0.1, -0.05) is 11.3 Å². The monoisotopic (exact) mass is 279 g/mol. The van der Waals surface area contributed by atoms with E-state index in [1.165, 1.54) is 0 Å². The first-order chi connectivity index (χ1) is 10.1. The van der Waals surface area contributed by atoms with Crippen molar-refractivity contribution in [1.82, 2.24) is 20.0 Å². The van der Waals surface area contributed by atoms with E-state index in [0.717, 1.165) is 16.8 Å². The molecule has 6 heteroatoms. The molecule has 2 heterocycles. The summed E-state index contributed by atoms with van der Waals surface area (Å²) >= 11 is 0. The summed E-state index contributed by atoms with van der Waals surface area (Å²) in [5.41, 5.74) is 9.10. The number of aromatic nitrogens is 4. The van der Waals surface area contributed by atoms with E-state index in [-0.39, 0.29) is 0 Å². The molecule has 1 aromatic carbocycles. The van der Waals surface area contributed by atoms with Crippen LogP contribution in [-0.2, 0) is 0 Å². The lowest BCUT2D eigenvalue weighted by molar-refractivity contribution is 0.100. The van der Waals surface area contributed by atoms with E-state index in [1.807, 2.05) is 25.1 Å². The molecule has 0 aliphatic heterocycles. The third kappa shape index (κ3) is 2.51. The number of hydrogen-bond donors (Lipinski definition) is 1. The molecule has 3 aromatic rings. The van der Waals surface area contributed by atoms with Crippen LogP contribution in [0.2, 0.25) is 0 Å². The fourth-order valence-electron chi connectivity index (χ4n) is 2.04. The Balaban J connectivity index is 2.04. The first-order valence-corrected chi connectivity index (χ1v) is 6.39. The van der Waals surface area contributed by atoms with Crippen molar-refractivity contribution in [3.8, 4) is 16.9 Å². The Morgan fingerprint density at radius 2 is 2.14 bits per heavy atom. The molecule has 2 aromatic heterocycles. The van der Waals surface area contributed by atoms with Crippen molar-refractivity contribution in [3.63, 3.8) is 0 Å². The highest BCUT2D eigenvalue weighted by Crippen LogP contribution is 2.19. The molecule has 104 valence electrons. The second kappa shape index (κ2) is 5.16. The normalized spacial score (nSPS) is 10.5. The van der Waals surface area contributed by atoms with E-state index in [0.29, 0.717) is 11.3 Å². The average molecular weight is 279 g/mol. The van der Waals surface area contributed by atoms with Crippen LogP contribution >= 0.6 is 0 Å². The lowest BCUT2D eigenvalue weighted by Crippen LogP contribution is -2.12. The van der Waals surface area contributed by atoms with Crippen LogP contribution in [0.15, 0.2) is 48.9 Å². The summed E-state index contributed by atoms with van der Waals surface area (Å²) < 4.78 is 1.63. The van der Waals surface area contributed by atoms with Crippen molar-refractivity contribution in [1.29, 1.82) is 0 Å². The van der Waals surface area contributed by atoms with Crippen LogP contribution in [-0.4, -0.2) is 25.9 Å². The van der Waals surface area contributed by atoms with Crippen LogP contribution < -0.4 is 5.73 Å². The molecule has 3 rings (SSSR count). The number of pyridine rings is 1. The summed E-state index contributed by atoms with van der Waals surface area (Å²) in [7, 11) is 0. The topological polar surface area (TPSA) is 86.7 Å². The zero-order valence-electron chi connectivity index (χ0n) is 11.4. The molecule has 0 radical (unpaired) electrons. The van der Waals surface area contributed by atoms with Crippen LogP contribution in [0.1, 0.15) is 15.9 Å². The first kappa shape index (κ1) is 13.0. The summed E-state index contributed by atoms with van der Waals surface area (Å²) in [6.07, 6.45) is 5.22. The van der Waals surface area contributed by atoms with Crippen LogP contribution in [0.4, 0.5) is 0 Å². The average Bonchev–Trinajstić information content (AvgIpc) is 2.98. The number of benzene rings is 1. The Kier molecular flexibility index (Phi) is 3.19. The molecule has 0 aliphatic carbocycles. The van der Waals surface area contributed by atoms with Crippen molar-refractivity contribution in [2.45, 2.75) is 6.92 Å². The fraction of sp³-hybridized carbons (Fsp3) is 0.0667. The van der Waals surface area contributed by atoms with Gasteiger partial charge in [-0.15, -0.1) is 5.10 Å². The maximum absolute atomic E-state index is 11.3. The predicted molar refractivity (Wildman–Crippen MR) is 77.8 cm³/mol. The number of primary amides is 1. The van der Waals surface area contributed by atoms with Crippen molar-refractivity contribution in [3.05, 3.63) is 60.0 Å². The number of carbonyl (C=O) groups is 1. The second-order valence-electron chi connectivity index (χ2n) is 4.66. The molecule has 0 atom stereocenters. The number of hydrogen-bond acceptors (Lipinski definition) is 4. The summed E-state index contributed by atoms with van der Waals surface area (Å²) in [6, 6.07) is 8.99. The van der Waals surface area contributed by atoms with Gasteiger partial charge in [-0.05, 0) is 36.8 Å². The highest BCUT2D eigenvalue weighted by molar-refractivity contribution is 5.93. The predicted octanol–water partition coefficient (Wildman–Crippen LogP) is 1.74. The highest BCUT2D eigenvalue weighted by atomic mass is 16.1. The number of aryl methyl sites for hydroxylation is 1. The third-order valence-corrected chi connectivity index (χ3v) is 3.19. The molecule has 21 heavy (non-hydrogen) atoms. The van der Waals surface area contributed by atoms with E-state index in [4.69, 9.17) is 5.73 Å². The van der Waals surface area contributed by atoms with Crippen LogP contribution in [0.25, 0.3) is 16.9 Å². The maximum atomic E-state index is 11.3. The molecule has 0 bridgehead atoms. The van der Waals surface area contributed by atoms with E-state index < -0.39 is 5.91 Å². The molecule has 0 aliphatic rings. The second-order valence-corrected chi connectivity index (χ2v) is 4.66. The Labute approximate surface area is 121 Å². The maximum Gasteiger partial charge on any atom is 0.248 e. The van der Waals surface area contributed by atoms with Crippen LogP contribution in [0, 0.1) is 6.92 Å². The van der Waals surface area contributed by atoms with Crippen LogP contribution in [0.3, 0.4) is 0 Å². The summed E-state index contributed by atoms with van der Waals surface area (Å²) in [4.78, 5) is 15.4. The van der Waals surface area contributed by atoms with Crippen molar-refractivity contribution in [2.24, 2.45) is 5.73 Å². The molecule has 0 saturated heterocycles. The van der Waals surface area contributed by atoms with Gasteiger partial charge in [-0.2, -0.15) is 0 Å². The molecule has 2 N–H and O–H groups in total. The summed E-state index contributed by atoms with van der Waals surface area (Å²) in [6.45, 7) is 1.94. The number of carbonyl (C=O) groups excluding carboxylic acids is 1. The van der Waals surface area contributed by atoms with Gasteiger partial charge in [-0.3, -0.25) is 9.78 Å². The fourth-order valence-corrected chi connectivity index (χ4v) is 2.04. The Morgan fingerprint density at radius 1 is 1.29 bits per heavy atom. The van der Waals surface area contributed by atoms with E-state index in [9.17, 15) is 4.79 Å². The number of nitrogens with zero attached hydrogens (tertiary/aromatic N) is 4. The lowest BCUT2D eigenvalue weighted by Gasteiger charge is -2.06. The smallest absolute Gasteiger partial charge is 0.248 e. The minimum absolute atomic E-state index is 0.439. The van der Waals surface area contributed by atoms with Gasteiger partial charge < -0.3 is 5.73 Å². The number of rotatable bonds is 3. The van der Waals surface area contributed by atoms with Gasteiger partial charge >= 0.3 is 0 Å². The minimum Gasteiger partial charge on any atom is -0.366 e. The van der Waals surface area contributed by atoms with Gasteiger partial charge in [0.05, 0.1) is 11.9 Å². The third-order valence-electron chi connectivity index (χ3n) is 3.19.